The molecule has 0 aliphatic rings. The number of hydrogen-bond donors (Lipinski definition) is 3. The standard InChI is InChI=1S/C10H11N3O/c14-9-3-1-8(2-4-9)5-12-10-6-11-7-13-10/h1-4,6-7,12,14H,5H2,(H,11,13). The molecule has 14 heavy (non-hydrogen) atoms. The van der Waals surface area contributed by atoms with Crippen LogP contribution >= 0.6 is 0 Å². The predicted molar refractivity (Wildman–Crippen MR) is 54.0 cm³/mol. The van der Waals surface area contributed by atoms with Crippen molar-refractivity contribution in [1.29, 1.82) is 0 Å². The lowest BCUT2D eigenvalue weighted by atomic mass is 10.2. The first-order chi connectivity index (χ1) is 6.84. The molecule has 1 heterocycles. The molecule has 0 spiro atoms. The van der Waals surface area contributed by atoms with Crippen LogP contribution in [0.4, 0.5) is 5.82 Å². The average molecular weight is 189 g/mol. The molecule has 2 aromatic rings. The largest absolute Gasteiger partial charge is 0.508 e. The van der Waals surface area contributed by atoms with Gasteiger partial charge in [0, 0.05) is 6.54 Å². The first-order valence-electron chi connectivity index (χ1n) is 4.35. The number of imidazole rings is 1. The van der Waals surface area contributed by atoms with Gasteiger partial charge in [-0.3, -0.25) is 0 Å². The minimum Gasteiger partial charge on any atom is -0.508 e. The van der Waals surface area contributed by atoms with E-state index in [2.05, 4.69) is 15.3 Å². The van der Waals surface area contributed by atoms with E-state index >= 15 is 0 Å². The Bertz CT molecular complexity index is 380. The van der Waals surface area contributed by atoms with E-state index in [9.17, 15) is 0 Å². The Morgan fingerprint density at radius 3 is 2.71 bits per heavy atom. The molecule has 0 bridgehead atoms. The van der Waals surface area contributed by atoms with Crippen LogP contribution in [-0.2, 0) is 6.54 Å². The summed E-state index contributed by atoms with van der Waals surface area (Å²) in [6, 6.07) is 7.09. The Morgan fingerprint density at radius 2 is 2.07 bits per heavy atom. The Hall–Kier alpha value is -1.97. The molecule has 1 aromatic heterocycles. The van der Waals surface area contributed by atoms with Gasteiger partial charge in [0.2, 0.25) is 0 Å². The van der Waals surface area contributed by atoms with Crippen LogP contribution in [0.25, 0.3) is 0 Å². The smallest absolute Gasteiger partial charge is 0.123 e. The predicted octanol–water partition coefficient (Wildman–Crippen LogP) is 1.73. The quantitative estimate of drug-likeness (QED) is 0.689. The van der Waals surface area contributed by atoms with E-state index in [4.69, 9.17) is 5.11 Å². The number of benzene rings is 1. The second-order valence-corrected chi connectivity index (χ2v) is 2.99. The highest BCUT2D eigenvalue weighted by Crippen LogP contribution is 2.10. The summed E-state index contributed by atoms with van der Waals surface area (Å²) in [6.45, 7) is 0.711. The normalized spacial score (nSPS) is 10.0. The van der Waals surface area contributed by atoms with Crippen LogP contribution in [0.3, 0.4) is 0 Å². The molecule has 0 fully saturated rings. The van der Waals surface area contributed by atoms with Gasteiger partial charge in [-0.15, -0.1) is 0 Å². The number of nitrogens with zero attached hydrogens (tertiary/aromatic N) is 1. The number of hydrogen-bond acceptors (Lipinski definition) is 3. The first-order valence-corrected chi connectivity index (χ1v) is 4.35. The summed E-state index contributed by atoms with van der Waals surface area (Å²) in [5.74, 6) is 1.17. The van der Waals surface area contributed by atoms with Gasteiger partial charge in [-0.05, 0) is 17.7 Å². The zero-order valence-electron chi connectivity index (χ0n) is 7.57. The summed E-state index contributed by atoms with van der Waals surface area (Å²) in [5, 5.41) is 12.2. The summed E-state index contributed by atoms with van der Waals surface area (Å²) in [4.78, 5) is 6.84. The van der Waals surface area contributed by atoms with Crippen LogP contribution in [-0.4, -0.2) is 15.1 Å². The Kier molecular flexibility index (Phi) is 2.36. The summed E-state index contributed by atoms with van der Waals surface area (Å²) < 4.78 is 0. The maximum Gasteiger partial charge on any atom is 0.123 e. The maximum absolute atomic E-state index is 9.07. The second-order valence-electron chi connectivity index (χ2n) is 2.99. The zero-order chi connectivity index (χ0) is 9.80. The van der Waals surface area contributed by atoms with Crippen molar-refractivity contribution in [1.82, 2.24) is 9.97 Å². The average Bonchev–Trinajstić information content (AvgIpc) is 2.70. The fraction of sp³-hybridized carbons (Fsp3) is 0.100. The van der Waals surface area contributed by atoms with E-state index in [0.29, 0.717) is 6.54 Å². The highest BCUT2D eigenvalue weighted by molar-refractivity contribution is 5.33. The monoisotopic (exact) mass is 189 g/mol. The van der Waals surface area contributed by atoms with Crippen LogP contribution in [0.15, 0.2) is 36.8 Å². The molecule has 4 nitrogen and oxygen atoms in total. The summed E-state index contributed by atoms with van der Waals surface area (Å²) in [7, 11) is 0. The molecule has 72 valence electrons. The molecular weight excluding hydrogens is 178 g/mol. The van der Waals surface area contributed by atoms with E-state index in [1.165, 1.54) is 0 Å². The summed E-state index contributed by atoms with van der Waals surface area (Å²) >= 11 is 0. The van der Waals surface area contributed by atoms with Gasteiger partial charge in [0.1, 0.15) is 11.6 Å². The van der Waals surface area contributed by atoms with E-state index in [1.807, 2.05) is 12.1 Å². The van der Waals surface area contributed by atoms with Crippen molar-refractivity contribution in [3.63, 3.8) is 0 Å². The third kappa shape index (κ3) is 2.04. The van der Waals surface area contributed by atoms with Crippen LogP contribution < -0.4 is 5.32 Å². The molecule has 0 amide bonds. The minimum atomic E-state index is 0.287. The van der Waals surface area contributed by atoms with Crippen molar-refractivity contribution in [2.24, 2.45) is 0 Å². The summed E-state index contributed by atoms with van der Waals surface area (Å²) in [5.41, 5.74) is 1.11. The number of phenols is 1. The molecule has 0 atom stereocenters. The van der Waals surface area contributed by atoms with Crippen molar-refractivity contribution in [2.75, 3.05) is 5.32 Å². The second kappa shape index (κ2) is 3.83. The van der Waals surface area contributed by atoms with Gasteiger partial charge in [-0.2, -0.15) is 0 Å². The molecule has 0 aliphatic heterocycles. The fourth-order valence-corrected chi connectivity index (χ4v) is 1.16. The van der Waals surface area contributed by atoms with Crippen LogP contribution in [0.5, 0.6) is 5.75 Å². The number of rotatable bonds is 3. The molecule has 0 saturated heterocycles. The molecular formula is C10H11N3O. The first kappa shape index (κ1) is 8.62. The van der Waals surface area contributed by atoms with Gasteiger partial charge in [0.25, 0.3) is 0 Å². The molecule has 0 radical (unpaired) electrons. The van der Waals surface area contributed by atoms with Gasteiger partial charge in [-0.25, -0.2) is 4.98 Å². The number of aromatic hydroxyl groups is 1. The Labute approximate surface area is 81.6 Å². The molecule has 0 aliphatic carbocycles. The number of nitrogens with one attached hydrogen (secondary N) is 2. The van der Waals surface area contributed by atoms with Crippen LogP contribution in [0.2, 0.25) is 0 Å². The number of anilines is 1. The minimum absolute atomic E-state index is 0.287. The molecule has 0 unspecified atom stereocenters. The molecule has 1 aromatic carbocycles. The van der Waals surface area contributed by atoms with Crippen molar-refractivity contribution in [3.8, 4) is 5.75 Å². The number of aromatic nitrogens is 2. The van der Waals surface area contributed by atoms with E-state index < -0.39 is 0 Å². The van der Waals surface area contributed by atoms with Crippen molar-refractivity contribution in [2.45, 2.75) is 6.54 Å². The number of H-pyrrole nitrogens is 1. The topological polar surface area (TPSA) is 60.9 Å². The van der Waals surface area contributed by atoms with E-state index in [0.717, 1.165) is 11.4 Å². The summed E-state index contributed by atoms with van der Waals surface area (Å²) in [6.07, 6.45) is 3.35. The molecule has 0 saturated carbocycles. The zero-order valence-corrected chi connectivity index (χ0v) is 7.57. The molecule has 4 heteroatoms. The maximum atomic E-state index is 9.07. The van der Waals surface area contributed by atoms with Crippen LogP contribution in [0, 0.1) is 0 Å². The van der Waals surface area contributed by atoms with E-state index in [1.54, 1.807) is 24.7 Å². The van der Waals surface area contributed by atoms with Crippen molar-refractivity contribution >= 4 is 5.82 Å². The lowest BCUT2D eigenvalue weighted by Gasteiger charge is -2.03. The van der Waals surface area contributed by atoms with Gasteiger partial charge in [-0.1, -0.05) is 12.1 Å². The highest BCUT2D eigenvalue weighted by atomic mass is 16.3. The van der Waals surface area contributed by atoms with Crippen molar-refractivity contribution < 1.29 is 5.11 Å². The third-order valence-electron chi connectivity index (χ3n) is 1.92. The van der Waals surface area contributed by atoms with Crippen LogP contribution in [0.1, 0.15) is 5.56 Å². The van der Waals surface area contributed by atoms with Gasteiger partial charge in [0.05, 0.1) is 12.5 Å². The third-order valence-corrected chi connectivity index (χ3v) is 1.92. The van der Waals surface area contributed by atoms with Crippen molar-refractivity contribution in [3.05, 3.63) is 42.4 Å². The fourth-order valence-electron chi connectivity index (χ4n) is 1.16. The number of phenolic OH excluding ortho intramolecular Hbond substituents is 1. The van der Waals surface area contributed by atoms with Gasteiger partial charge < -0.3 is 15.4 Å². The molecule has 3 N–H and O–H groups in total. The van der Waals surface area contributed by atoms with Gasteiger partial charge in [0.15, 0.2) is 0 Å². The Morgan fingerprint density at radius 1 is 1.29 bits per heavy atom. The highest BCUT2D eigenvalue weighted by Gasteiger charge is 1.94. The molecule has 2 rings (SSSR count). The lowest BCUT2D eigenvalue weighted by Crippen LogP contribution is -1.98. The van der Waals surface area contributed by atoms with E-state index in [-0.39, 0.29) is 5.75 Å². The SMILES string of the molecule is Oc1ccc(CNc2cnc[nH]2)cc1. The number of aromatic amines is 1. The lowest BCUT2D eigenvalue weighted by molar-refractivity contribution is 0.475. The Balaban J connectivity index is 1.95. The van der Waals surface area contributed by atoms with Gasteiger partial charge >= 0.3 is 0 Å².